The lowest BCUT2D eigenvalue weighted by molar-refractivity contribution is -0.140. The molecule has 3 rings (SSSR count). The third-order valence-corrected chi connectivity index (χ3v) is 5.58. The summed E-state index contributed by atoms with van der Waals surface area (Å²) in [5.41, 5.74) is 4.58. The molecule has 2 aromatic heterocycles. The first kappa shape index (κ1) is 19.4. The number of rotatable bonds is 6. The minimum atomic E-state index is -0.239. The van der Waals surface area contributed by atoms with E-state index in [1.165, 1.54) is 24.1 Å². The maximum atomic E-state index is 11.7. The van der Waals surface area contributed by atoms with E-state index in [9.17, 15) is 4.79 Å². The summed E-state index contributed by atoms with van der Waals surface area (Å²) in [6.45, 7) is 7.82. The predicted molar refractivity (Wildman–Crippen MR) is 108 cm³/mol. The van der Waals surface area contributed by atoms with Crippen LogP contribution in [0.2, 0.25) is 0 Å². The molecule has 1 fully saturated rings. The number of aromatic nitrogens is 2. The van der Waals surface area contributed by atoms with E-state index in [1.807, 2.05) is 18.2 Å². The lowest BCUT2D eigenvalue weighted by Gasteiger charge is -2.27. The molecule has 27 heavy (non-hydrogen) atoms. The number of pyridine rings is 1. The molecule has 3 heterocycles. The molecule has 2 aromatic rings. The van der Waals surface area contributed by atoms with Gasteiger partial charge in [0.05, 0.1) is 31.3 Å². The van der Waals surface area contributed by atoms with Gasteiger partial charge in [-0.05, 0) is 56.8 Å². The van der Waals surface area contributed by atoms with Crippen molar-refractivity contribution in [3.8, 4) is 0 Å². The number of methoxy groups -OCH3 is 1. The lowest BCUT2D eigenvalue weighted by Crippen LogP contribution is -2.32. The van der Waals surface area contributed by atoms with Gasteiger partial charge in [-0.15, -0.1) is 0 Å². The van der Waals surface area contributed by atoms with Gasteiger partial charge in [0.2, 0.25) is 0 Å². The van der Waals surface area contributed by atoms with E-state index >= 15 is 0 Å². The number of nitrogens with one attached hydrogen (secondary N) is 1. The van der Waals surface area contributed by atoms with Crippen LogP contribution in [0.25, 0.3) is 0 Å². The van der Waals surface area contributed by atoms with Crippen molar-refractivity contribution in [1.82, 2.24) is 19.8 Å². The monoisotopic (exact) mass is 386 g/mol. The number of hydrogen-bond donors (Lipinski definition) is 1. The third-order valence-electron chi connectivity index (χ3n) is 5.23. The van der Waals surface area contributed by atoms with Gasteiger partial charge in [-0.1, -0.05) is 6.07 Å². The molecule has 1 saturated heterocycles. The Hall–Kier alpha value is -2.41. The van der Waals surface area contributed by atoms with Crippen molar-refractivity contribution in [1.29, 1.82) is 0 Å². The van der Waals surface area contributed by atoms with Crippen molar-refractivity contribution in [2.45, 2.75) is 45.8 Å². The van der Waals surface area contributed by atoms with E-state index < -0.39 is 0 Å². The fraction of sp³-hybridized carbons (Fsp3) is 0.450. The minimum Gasteiger partial charge on any atom is -0.469 e. The zero-order valence-corrected chi connectivity index (χ0v) is 17.0. The number of hydrogen-bond acceptors (Lipinski definition) is 4. The molecule has 0 aromatic carbocycles. The Bertz CT molecular complexity index is 834. The molecule has 1 N–H and O–H groups in total. The summed E-state index contributed by atoms with van der Waals surface area (Å²) >= 11 is 5.62. The summed E-state index contributed by atoms with van der Waals surface area (Å²) < 4.78 is 7.11. The molecule has 144 valence electrons. The Morgan fingerprint density at radius 3 is 2.74 bits per heavy atom. The van der Waals surface area contributed by atoms with Gasteiger partial charge in [0, 0.05) is 30.7 Å². The average molecular weight is 387 g/mol. The molecule has 0 spiro atoms. The molecular formula is C20H26N4O2S. The normalized spacial score (nSPS) is 19.3. The smallest absolute Gasteiger partial charge is 0.307 e. The zero-order chi connectivity index (χ0) is 19.6. The van der Waals surface area contributed by atoms with Crippen LogP contribution >= 0.6 is 12.2 Å². The fourth-order valence-electron chi connectivity index (χ4n) is 3.91. The van der Waals surface area contributed by atoms with Gasteiger partial charge in [-0.25, -0.2) is 0 Å². The Balaban J connectivity index is 2.03. The van der Waals surface area contributed by atoms with Crippen LogP contribution in [0.4, 0.5) is 0 Å². The molecule has 7 heteroatoms. The van der Waals surface area contributed by atoms with E-state index in [-0.39, 0.29) is 24.5 Å². The Morgan fingerprint density at radius 2 is 2.15 bits per heavy atom. The SMILES string of the molecule is CCn1c(C)cc([C@H]2[C@@H](c3ccccn3)NC(=S)N2CCC(=O)OC)c1C. The molecular weight excluding hydrogens is 360 g/mol. The summed E-state index contributed by atoms with van der Waals surface area (Å²) in [5, 5.41) is 4.06. The highest BCUT2D eigenvalue weighted by Gasteiger charge is 2.41. The minimum absolute atomic E-state index is 0.0245. The Kier molecular flexibility index (Phi) is 5.79. The first-order chi connectivity index (χ1) is 13.0. The number of aryl methyl sites for hydroxylation is 1. The molecule has 0 saturated carbocycles. The Labute approximate surface area is 165 Å². The first-order valence-corrected chi connectivity index (χ1v) is 9.60. The van der Waals surface area contributed by atoms with Crippen LogP contribution in [-0.2, 0) is 16.1 Å². The topological polar surface area (TPSA) is 59.4 Å². The van der Waals surface area contributed by atoms with Crippen LogP contribution in [0.1, 0.15) is 48.1 Å². The van der Waals surface area contributed by atoms with Crippen LogP contribution in [-0.4, -0.2) is 39.2 Å². The van der Waals surface area contributed by atoms with Crippen molar-refractivity contribution in [3.05, 3.63) is 53.1 Å². The molecule has 6 nitrogen and oxygen atoms in total. The van der Waals surface area contributed by atoms with Crippen molar-refractivity contribution in [2.24, 2.45) is 0 Å². The number of esters is 1. The zero-order valence-electron chi connectivity index (χ0n) is 16.2. The standard InChI is InChI=1S/C20H26N4O2S/c1-5-23-13(2)12-15(14(23)3)19-18(16-8-6-7-10-21-16)22-20(27)24(19)11-9-17(25)26-4/h6-8,10,12,18-19H,5,9,11H2,1-4H3,(H,22,27)/t18-,19+/m1/s1. The van der Waals surface area contributed by atoms with Gasteiger partial charge in [0.1, 0.15) is 0 Å². The van der Waals surface area contributed by atoms with E-state index in [0.717, 1.165) is 12.2 Å². The highest BCUT2D eigenvalue weighted by atomic mass is 32.1. The van der Waals surface area contributed by atoms with Crippen LogP contribution in [0.3, 0.4) is 0 Å². The van der Waals surface area contributed by atoms with E-state index in [0.29, 0.717) is 11.7 Å². The van der Waals surface area contributed by atoms with Crippen molar-refractivity contribution in [2.75, 3.05) is 13.7 Å². The number of carbonyl (C=O) groups is 1. The molecule has 0 bridgehead atoms. The van der Waals surface area contributed by atoms with Gasteiger partial charge in [-0.2, -0.15) is 0 Å². The van der Waals surface area contributed by atoms with E-state index in [1.54, 1.807) is 6.20 Å². The molecule has 1 aliphatic heterocycles. The van der Waals surface area contributed by atoms with Gasteiger partial charge in [0.25, 0.3) is 0 Å². The summed E-state index contributed by atoms with van der Waals surface area (Å²) in [6, 6.07) is 8.03. The van der Waals surface area contributed by atoms with Gasteiger partial charge in [-0.3, -0.25) is 9.78 Å². The number of nitrogens with zero attached hydrogens (tertiary/aromatic N) is 3. The maximum Gasteiger partial charge on any atom is 0.307 e. The van der Waals surface area contributed by atoms with Crippen LogP contribution in [0.15, 0.2) is 30.5 Å². The average Bonchev–Trinajstić information content (AvgIpc) is 3.15. The molecule has 1 aliphatic rings. The number of ether oxygens (including phenoxy) is 1. The predicted octanol–water partition coefficient (Wildman–Crippen LogP) is 3.06. The highest BCUT2D eigenvalue weighted by molar-refractivity contribution is 7.80. The van der Waals surface area contributed by atoms with Crippen LogP contribution in [0, 0.1) is 13.8 Å². The quantitative estimate of drug-likeness (QED) is 0.608. The second kappa shape index (κ2) is 8.08. The van der Waals surface area contributed by atoms with E-state index in [4.69, 9.17) is 17.0 Å². The highest BCUT2D eigenvalue weighted by Crippen LogP contribution is 2.40. The van der Waals surface area contributed by atoms with E-state index in [2.05, 4.69) is 46.6 Å². The maximum absolute atomic E-state index is 11.7. The Morgan fingerprint density at radius 1 is 1.37 bits per heavy atom. The van der Waals surface area contributed by atoms with Crippen molar-refractivity contribution >= 4 is 23.3 Å². The fourth-order valence-corrected chi connectivity index (χ4v) is 4.24. The van der Waals surface area contributed by atoms with Gasteiger partial charge < -0.3 is 19.5 Å². The summed E-state index contributed by atoms with van der Waals surface area (Å²) in [4.78, 5) is 18.4. The van der Waals surface area contributed by atoms with Crippen LogP contribution in [0.5, 0.6) is 0 Å². The molecule has 2 atom stereocenters. The third kappa shape index (κ3) is 3.69. The summed E-state index contributed by atoms with van der Waals surface area (Å²) in [5.74, 6) is -0.239. The first-order valence-electron chi connectivity index (χ1n) is 9.19. The lowest BCUT2D eigenvalue weighted by atomic mass is 9.96. The van der Waals surface area contributed by atoms with Gasteiger partial charge in [0.15, 0.2) is 5.11 Å². The summed E-state index contributed by atoms with van der Waals surface area (Å²) in [7, 11) is 1.41. The second-order valence-corrected chi connectivity index (χ2v) is 7.10. The largest absolute Gasteiger partial charge is 0.469 e. The molecule has 0 aliphatic carbocycles. The number of thiocarbonyl (C=S) groups is 1. The molecule has 0 unspecified atom stereocenters. The van der Waals surface area contributed by atoms with Crippen LogP contribution < -0.4 is 5.32 Å². The van der Waals surface area contributed by atoms with Crippen molar-refractivity contribution in [3.63, 3.8) is 0 Å². The molecule has 0 radical (unpaired) electrons. The summed E-state index contributed by atoms with van der Waals surface area (Å²) in [6.07, 6.45) is 2.08. The number of carbonyl (C=O) groups excluding carboxylic acids is 1. The van der Waals surface area contributed by atoms with Gasteiger partial charge >= 0.3 is 5.97 Å². The second-order valence-electron chi connectivity index (χ2n) is 6.72. The van der Waals surface area contributed by atoms with Crippen molar-refractivity contribution < 1.29 is 9.53 Å². The molecule has 0 amide bonds.